The van der Waals surface area contributed by atoms with E-state index < -0.39 is 11.7 Å². The van der Waals surface area contributed by atoms with E-state index in [1.54, 1.807) is 24.5 Å². The maximum atomic E-state index is 13.5. The summed E-state index contributed by atoms with van der Waals surface area (Å²) in [6.45, 7) is 5.27. The molecule has 7 heteroatoms. The molecule has 0 spiro atoms. The van der Waals surface area contributed by atoms with Gasteiger partial charge in [0.2, 0.25) is 0 Å². The highest BCUT2D eigenvalue weighted by Gasteiger charge is 2.34. The molecule has 1 fully saturated rings. The van der Waals surface area contributed by atoms with Crippen molar-refractivity contribution in [3.63, 3.8) is 0 Å². The van der Waals surface area contributed by atoms with E-state index in [1.165, 1.54) is 6.07 Å². The fourth-order valence-electron chi connectivity index (χ4n) is 3.10. The van der Waals surface area contributed by atoms with Gasteiger partial charge in [-0.25, -0.2) is 0 Å². The van der Waals surface area contributed by atoms with Crippen molar-refractivity contribution in [3.05, 3.63) is 41.7 Å². The van der Waals surface area contributed by atoms with Crippen LogP contribution < -0.4 is 10.2 Å². The Labute approximate surface area is 139 Å². The summed E-state index contributed by atoms with van der Waals surface area (Å²) in [5.74, 6) is 0. The van der Waals surface area contributed by atoms with E-state index in [9.17, 15) is 13.2 Å². The quantitative estimate of drug-likeness (QED) is 0.915. The summed E-state index contributed by atoms with van der Waals surface area (Å²) in [4.78, 5) is 3.84. The third-order valence-electron chi connectivity index (χ3n) is 4.32. The van der Waals surface area contributed by atoms with Gasteiger partial charge in [0.15, 0.2) is 0 Å². The van der Waals surface area contributed by atoms with Crippen LogP contribution in [-0.2, 0) is 17.5 Å². The number of alkyl halides is 3. The topological polar surface area (TPSA) is 27.7 Å². The predicted molar refractivity (Wildman–Crippen MR) is 86.6 cm³/mol. The Morgan fingerprint density at radius 2 is 2.00 bits per heavy atom. The molecule has 0 saturated carbocycles. The van der Waals surface area contributed by atoms with Crippen molar-refractivity contribution in [2.24, 2.45) is 0 Å². The second-order valence-electron chi connectivity index (χ2n) is 6.25. The molecule has 4 nitrogen and oxygen atoms in total. The molecule has 0 aromatic heterocycles. The van der Waals surface area contributed by atoms with E-state index in [0.29, 0.717) is 44.1 Å². The summed E-state index contributed by atoms with van der Waals surface area (Å²) in [6.07, 6.45) is -0.777. The Hall–Kier alpha value is -1.89. The van der Waals surface area contributed by atoms with Gasteiger partial charge in [-0.15, -0.1) is 0 Å². The number of halogens is 3. The standard InChI is InChI=1S/C17H22F3N3O/c1-13-11-22(5-4-21-13)12-14-2-3-15(10-16(14)17(18,19)20)23-6-8-24-9-7-23/h2-5,10,13,21H,6-9,11-12H2,1H3/t13-/m1/s1. The number of ether oxygens (including phenoxy) is 1. The van der Waals surface area contributed by atoms with Crippen LogP contribution in [0.15, 0.2) is 30.6 Å². The zero-order valence-corrected chi connectivity index (χ0v) is 13.6. The molecule has 0 amide bonds. The number of nitrogens with zero attached hydrogens (tertiary/aromatic N) is 2. The molecule has 24 heavy (non-hydrogen) atoms. The van der Waals surface area contributed by atoms with E-state index in [1.807, 2.05) is 16.7 Å². The Kier molecular flexibility index (Phi) is 4.89. The molecule has 1 atom stereocenters. The molecular weight excluding hydrogens is 319 g/mol. The van der Waals surface area contributed by atoms with Crippen molar-refractivity contribution >= 4 is 5.69 Å². The van der Waals surface area contributed by atoms with Gasteiger partial charge in [-0.1, -0.05) is 6.07 Å². The summed E-state index contributed by atoms with van der Waals surface area (Å²) in [6, 6.07) is 4.88. The van der Waals surface area contributed by atoms with Crippen molar-refractivity contribution < 1.29 is 17.9 Å². The molecule has 2 aliphatic heterocycles. The zero-order valence-electron chi connectivity index (χ0n) is 13.6. The fourth-order valence-corrected chi connectivity index (χ4v) is 3.10. The summed E-state index contributed by atoms with van der Waals surface area (Å²) >= 11 is 0. The van der Waals surface area contributed by atoms with E-state index in [4.69, 9.17) is 4.74 Å². The van der Waals surface area contributed by atoms with Crippen LogP contribution in [0.1, 0.15) is 18.1 Å². The molecule has 1 aromatic rings. The van der Waals surface area contributed by atoms with Crippen molar-refractivity contribution in [2.75, 3.05) is 37.7 Å². The first-order valence-electron chi connectivity index (χ1n) is 8.13. The molecule has 0 unspecified atom stereocenters. The van der Waals surface area contributed by atoms with Gasteiger partial charge in [0.25, 0.3) is 0 Å². The van der Waals surface area contributed by atoms with Gasteiger partial charge in [0, 0.05) is 50.3 Å². The molecule has 2 aliphatic rings. The monoisotopic (exact) mass is 341 g/mol. The van der Waals surface area contributed by atoms with E-state index in [0.717, 1.165) is 0 Å². The highest BCUT2D eigenvalue weighted by atomic mass is 19.4. The van der Waals surface area contributed by atoms with Crippen LogP contribution in [0.3, 0.4) is 0 Å². The van der Waals surface area contributed by atoms with Gasteiger partial charge in [0.05, 0.1) is 18.8 Å². The summed E-state index contributed by atoms with van der Waals surface area (Å²) in [5, 5.41) is 3.13. The van der Waals surface area contributed by atoms with E-state index in [2.05, 4.69) is 5.32 Å². The Bertz CT molecular complexity index is 597. The van der Waals surface area contributed by atoms with Crippen molar-refractivity contribution in [1.29, 1.82) is 0 Å². The summed E-state index contributed by atoms with van der Waals surface area (Å²) in [5.41, 5.74) is 0.364. The predicted octanol–water partition coefficient (Wildman–Crippen LogP) is 2.81. The van der Waals surface area contributed by atoms with Crippen LogP contribution in [0.4, 0.5) is 18.9 Å². The maximum absolute atomic E-state index is 13.5. The third kappa shape index (κ3) is 3.95. The summed E-state index contributed by atoms with van der Waals surface area (Å²) in [7, 11) is 0. The number of anilines is 1. The van der Waals surface area contributed by atoms with Gasteiger partial charge in [-0.3, -0.25) is 0 Å². The third-order valence-corrected chi connectivity index (χ3v) is 4.32. The maximum Gasteiger partial charge on any atom is 0.416 e. The van der Waals surface area contributed by atoms with Crippen LogP contribution in [0.5, 0.6) is 0 Å². The first-order valence-corrected chi connectivity index (χ1v) is 8.13. The lowest BCUT2D eigenvalue weighted by Gasteiger charge is -2.31. The van der Waals surface area contributed by atoms with Crippen LogP contribution >= 0.6 is 0 Å². The van der Waals surface area contributed by atoms with Gasteiger partial charge in [-0.2, -0.15) is 13.2 Å². The van der Waals surface area contributed by atoms with Crippen LogP contribution in [0.2, 0.25) is 0 Å². The van der Waals surface area contributed by atoms with E-state index in [-0.39, 0.29) is 12.6 Å². The van der Waals surface area contributed by atoms with Gasteiger partial charge < -0.3 is 19.9 Å². The highest BCUT2D eigenvalue weighted by Crippen LogP contribution is 2.35. The molecule has 0 bridgehead atoms. The van der Waals surface area contributed by atoms with Crippen LogP contribution in [0.25, 0.3) is 0 Å². The average Bonchev–Trinajstić information content (AvgIpc) is 2.55. The number of hydrogen-bond acceptors (Lipinski definition) is 4. The first-order chi connectivity index (χ1) is 11.4. The highest BCUT2D eigenvalue weighted by molar-refractivity contribution is 5.52. The minimum absolute atomic E-state index is 0.219. The smallest absolute Gasteiger partial charge is 0.385 e. The van der Waals surface area contributed by atoms with E-state index >= 15 is 0 Å². The minimum atomic E-state index is -4.36. The second-order valence-corrected chi connectivity index (χ2v) is 6.25. The normalized spacial score (nSPS) is 21.8. The molecule has 0 aliphatic carbocycles. The molecule has 132 valence electrons. The number of nitrogens with one attached hydrogen (secondary N) is 1. The molecule has 0 radical (unpaired) electrons. The summed E-state index contributed by atoms with van der Waals surface area (Å²) < 4.78 is 45.9. The zero-order chi connectivity index (χ0) is 17.2. The lowest BCUT2D eigenvalue weighted by atomic mass is 10.0. The van der Waals surface area contributed by atoms with Crippen LogP contribution in [0, 0.1) is 0 Å². The average molecular weight is 341 g/mol. The minimum Gasteiger partial charge on any atom is -0.385 e. The van der Waals surface area contributed by atoms with Gasteiger partial charge >= 0.3 is 6.18 Å². The van der Waals surface area contributed by atoms with Crippen molar-refractivity contribution in [2.45, 2.75) is 25.7 Å². The first kappa shape index (κ1) is 17.0. The van der Waals surface area contributed by atoms with Crippen LogP contribution in [-0.4, -0.2) is 43.8 Å². The molecule has 1 N–H and O–H groups in total. The van der Waals surface area contributed by atoms with Crippen molar-refractivity contribution in [1.82, 2.24) is 10.2 Å². The lowest BCUT2D eigenvalue weighted by molar-refractivity contribution is -0.138. The molecule has 3 rings (SSSR count). The number of morpholine rings is 1. The number of rotatable bonds is 3. The SMILES string of the molecule is C[C@@H]1CN(Cc2ccc(N3CCOCC3)cc2C(F)(F)F)C=CN1. The largest absolute Gasteiger partial charge is 0.416 e. The Morgan fingerprint density at radius 3 is 2.67 bits per heavy atom. The molecule has 1 saturated heterocycles. The molecule has 2 heterocycles. The molecular formula is C17H22F3N3O. The molecule has 1 aromatic carbocycles. The Balaban J connectivity index is 1.85. The van der Waals surface area contributed by atoms with Gasteiger partial charge in [0.1, 0.15) is 0 Å². The fraction of sp³-hybridized carbons (Fsp3) is 0.529. The Morgan fingerprint density at radius 1 is 1.25 bits per heavy atom. The second kappa shape index (κ2) is 6.93. The number of hydrogen-bond donors (Lipinski definition) is 1. The van der Waals surface area contributed by atoms with Gasteiger partial charge in [-0.05, 0) is 24.6 Å². The van der Waals surface area contributed by atoms with Crippen molar-refractivity contribution in [3.8, 4) is 0 Å². The number of benzene rings is 1. The lowest BCUT2D eigenvalue weighted by Crippen LogP contribution is -2.38.